The van der Waals surface area contributed by atoms with Crippen molar-refractivity contribution in [3.63, 3.8) is 0 Å². The Hall–Kier alpha value is -2.13. The van der Waals surface area contributed by atoms with Crippen LogP contribution < -0.4 is 5.32 Å². The average Bonchev–Trinajstić information content (AvgIpc) is 2.41. The van der Waals surface area contributed by atoms with Crippen molar-refractivity contribution in [1.82, 2.24) is 0 Å². The third-order valence-electron chi connectivity index (χ3n) is 2.65. The highest BCUT2D eigenvalue weighted by Crippen LogP contribution is 2.21. The summed E-state index contributed by atoms with van der Waals surface area (Å²) < 4.78 is 0. The summed E-state index contributed by atoms with van der Waals surface area (Å²) >= 11 is 5.85. The monoisotopic (exact) mass is 273 g/mol. The van der Waals surface area contributed by atoms with Gasteiger partial charge in [-0.3, -0.25) is 9.59 Å². The third-order valence-corrected chi connectivity index (χ3v) is 2.88. The molecule has 0 radical (unpaired) electrons. The Morgan fingerprint density at radius 1 is 1.05 bits per heavy atom. The van der Waals surface area contributed by atoms with E-state index in [0.717, 1.165) is 0 Å². The molecule has 0 aromatic heterocycles. The van der Waals surface area contributed by atoms with E-state index >= 15 is 0 Å². The third kappa shape index (κ3) is 3.20. The molecule has 0 aliphatic rings. The summed E-state index contributed by atoms with van der Waals surface area (Å²) in [6.07, 6.45) is 0. The summed E-state index contributed by atoms with van der Waals surface area (Å²) in [5, 5.41) is 3.18. The van der Waals surface area contributed by atoms with Crippen molar-refractivity contribution in [3.8, 4) is 0 Å². The van der Waals surface area contributed by atoms with Crippen LogP contribution in [0.2, 0.25) is 5.02 Å². The fourth-order valence-electron chi connectivity index (χ4n) is 1.70. The first-order valence-corrected chi connectivity index (χ1v) is 6.12. The highest BCUT2D eigenvalue weighted by Gasteiger charge is 2.11. The lowest BCUT2D eigenvalue weighted by Gasteiger charge is -2.09. The number of nitrogens with one attached hydrogen (secondary N) is 1. The van der Waals surface area contributed by atoms with Gasteiger partial charge in [-0.15, -0.1) is 0 Å². The molecule has 3 nitrogen and oxygen atoms in total. The van der Waals surface area contributed by atoms with E-state index < -0.39 is 0 Å². The largest absolute Gasteiger partial charge is 0.321 e. The number of carbonyl (C=O) groups is 2. The average molecular weight is 274 g/mol. The van der Waals surface area contributed by atoms with Crippen molar-refractivity contribution in [1.29, 1.82) is 0 Å². The van der Waals surface area contributed by atoms with Crippen molar-refractivity contribution >= 4 is 29.0 Å². The van der Waals surface area contributed by atoms with Crippen LogP contribution in [0.5, 0.6) is 0 Å². The summed E-state index contributed by atoms with van der Waals surface area (Å²) in [5.41, 5.74) is 1.40. The quantitative estimate of drug-likeness (QED) is 0.865. The summed E-state index contributed by atoms with van der Waals surface area (Å²) in [5.74, 6) is -0.406. The molecular formula is C15H12ClNO2. The fourth-order valence-corrected chi connectivity index (χ4v) is 1.87. The Kier molecular flexibility index (Phi) is 3.97. The number of anilines is 1. The minimum absolute atomic E-state index is 0.147. The van der Waals surface area contributed by atoms with Crippen molar-refractivity contribution in [2.24, 2.45) is 0 Å². The first-order chi connectivity index (χ1) is 9.08. The number of hydrogen-bond acceptors (Lipinski definition) is 2. The maximum Gasteiger partial charge on any atom is 0.255 e. The van der Waals surface area contributed by atoms with Crippen molar-refractivity contribution in [2.75, 3.05) is 5.32 Å². The van der Waals surface area contributed by atoms with Gasteiger partial charge in [-0.25, -0.2) is 0 Å². The molecule has 2 rings (SSSR count). The second-order valence-corrected chi connectivity index (χ2v) is 4.50. The Labute approximate surface area is 116 Å². The van der Waals surface area contributed by atoms with Gasteiger partial charge in [0.25, 0.3) is 5.91 Å². The van der Waals surface area contributed by atoms with Gasteiger partial charge < -0.3 is 5.32 Å². The zero-order chi connectivity index (χ0) is 13.8. The van der Waals surface area contributed by atoms with Gasteiger partial charge in [0.2, 0.25) is 0 Å². The van der Waals surface area contributed by atoms with E-state index in [9.17, 15) is 9.59 Å². The first kappa shape index (κ1) is 13.3. The molecule has 0 saturated heterocycles. The van der Waals surface area contributed by atoms with E-state index in [2.05, 4.69) is 5.32 Å². The number of amides is 1. The number of Topliss-reactive ketones (excluding diaryl/α,β-unsaturated/α-hetero) is 1. The van der Waals surface area contributed by atoms with E-state index in [-0.39, 0.29) is 11.7 Å². The highest BCUT2D eigenvalue weighted by atomic mass is 35.5. The molecule has 0 spiro atoms. The smallest absolute Gasteiger partial charge is 0.255 e. The maximum absolute atomic E-state index is 12.0. The van der Waals surface area contributed by atoms with E-state index in [1.165, 1.54) is 6.92 Å². The molecule has 0 bridgehead atoms. The normalized spacial score (nSPS) is 10.0. The molecule has 0 heterocycles. The molecular weight excluding hydrogens is 262 g/mol. The van der Waals surface area contributed by atoms with Gasteiger partial charge in [-0.05, 0) is 37.3 Å². The lowest BCUT2D eigenvalue weighted by molar-refractivity contribution is 0.101. The molecule has 0 aliphatic heterocycles. The lowest BCUT2D eigenvalue weighted by Crippen LogP contribution is -2.14. The van der Waals surface area contributed by atoms with Crippen LogP contribution in [0, 0.1) is 0 Å². The van der Waals surface area contributed by atoms with Gasteiger partial charge in [0.15, 0.2) is 5.78 Å². The minimum atomic E-state index is -0.259. The van der Waals surface area contributed by atoms with Crippen LogP contribution in [0.1, 0.15) is 27.6 Å². The number of hydrogen-bond donors (Lipinski definition) is 1. The molecule has 4 heteroatoms. The van der Waals surface area contributed by atoms with E-state index in [1.807, 2.05) is 6.07 Å². The van der Waals surface area contributed by atoms with Gasteiger partial charge in [0.1, 0.15) is 0 Å². The van der Waals surface area contributed by atoms with Gasteiger partial charge in [0.05, 0.1) is 5.69 Å². The predicted octanol–water partition coefficient (Wildman–Crippen LogP) is 3.79. The van der Waals surface area contributed by atoms with Crippen LogP contribution in [0.4, 0.5) is 5.69 Å². The van der Waals surface area contributed by atoms with Crippen LogP contribution in [0.15, 0.2) is 48.5 Å². The highest BCUT2D eigenvalue weighted by molar-refractivity contribution is 6.31. The van der Waals surface area contributed by atoms with Gasteiger partial charge in [-0.2, -0.15) is 0 Å². The zero-order valence-electron chi connectivity index (χ0n) is 10.3. The van der Waals surface area contributed by atoms with E-state index in [1.54, 1.807) is 42.5 Å². The molecule has 0 aliphatic carbocycles. The van der Waals surface area contributed by atoms with Crippen LogP contribution in [-0.2, 0) is 0 Å². The molecule has 1 N–H and O–H groups in total. The van der Waals surface area contributed by atoms with E-state index in [4.69, 9.17) is 11.6 Å². The second kappa shape index (κ2) is 5.67. The fraction of sp³-hybridized carbons (Fsp3) is 0.0667. The summed E-state index contributed by atoms with van der Waals surface area (Å²) in [6.45, 7) is 1.43. The lowest BCUT2D eigenvalue weighted by atomic mass is 10.1. The van der Waals surface area contributed by atoms with Crippen LogP contribution in [-0.4, -0.2) is 11.7 Å². The number of ketones is 1. The summed E-state index contributed by atoms with van der Waals surface area (Å²) in [6, 6.07) is 13.6. The van der Waals surface area contributed by atoms with Gasteiger partial charge >= 0.3 is 0 Å². The van der Waals surface area contributed by atoms with Crippen LogP contribution >= 0.6 is 11.6 Å². The number of benzene rings is 2. The Bertz CT molecular complexity index is 623. The topological polar surface area (TPSA) is 46.2 Å². The molecule has 2 aromatic rings. The molecule has 0 atom stereocenters. The Morgan fingerprint density at radius 3 is 2.37 bits per heavy atom. The summed E-state index contributed by atoms with van der Waals surface area (Å²) in [7, 11) is 0. The molecule has 0 fully saturated rings. The standard InChI is InChI=1S/C15H12ClNO2/c1-10(18)13-9-12(16)7-8-14(13)17-15(19)11-5-3-2-4-6-11/h2-9H,1H3,(H,17,19). The molecule has 0 unspecified atom stereocenters. The van der Waals surface area contributed by atoms with Crippen LogP contribution in [0.25, 0.3) is 0 Å². The van der Waals surface area contributed by atoms with Crippen molar-refractivity contribution in [3.05, 3.63) is 64.7 Å². The Balaban J connectivity index is 2.29. The molecule has 96 valence electrons. The van der Waals surface area contributed by atoms with Gasteiger partial charge in [-0.1, -0.05) is 29.8 Å². The predicted molar refractivity (Wildman–Crippen MR) is 75.9 cm³/mol. The maximum atomic E-state index is 12.0. The minimum Gasteiger partial charge on any atom is -0.321 e. The molecule has 19 heavy (non-hydrogen) atoms. The van der Waals surface area contributed by atoms with E-state index in [0.29, 0.717) is 21.8 Å². The SMILES string of the molecule is CC(=O)c1cc(Cl)ccc1NC(=O)c1ccccc1. The Morgan fingerprint density at radius 2 is 1.74 bits per heavy atom. The zero-order valence-corrected chi connectivity index (χ0v) is 11.1. The van der Waals surface area contributed by atoms with Crippen LogP contribution in [0.3, 0.4) is 0 Å². The number of carbonyl (C=O) groups excluding carboxylic acids is 2. The summed E-state index contributed by atoms with van der Waals surface area (Å²) in [4.78, 5) is 23.5. The number of rotatable bonds is 3. The van der Waals surface area contributed by atoms with Gasteiger partial charge in [0, 0.05) is 16.1 Å². The molecule has 1 amide bonds. The second-order valence-electron chi connectivity index (χ2n) is 4.07. The van der Waals surface area contributed by atoms with Crippen molar-refractivity contribution in [2.45, 2.75) is 6.92 Å². The molecule has 2 aromatic carbocycles. The first-order valence-electron chi connectivity index (χ1n) is 5.75. The number of halogens is 1. The molecule has 0 saturated carbocycles. The van der Waals surface area contributed by atoms with Crippen molar-refractivity contribution < 1.29 is 9.59 Å².